The smallest absolute Gasteiger partial charge is 0.0458 e. The Kier molecular flexibility index (Phi) is 2.05. The lowest BCUT2D eigenvalue weighted by molar-refractivity contribution is 0.442. The van der Waals surface area contributed by atoms with Crippen molar-refractivity contribution in [3.63, 3.8) is 0 Å². The topological polar surface area (TPSA) is 15.8 Å². The molecule has 0 bridgehead atoms. The second-order valence-electron chi connectivity index (χ2n) is 4.64. The van der Waals surface area contributed by atoms with Gasteiger partial charge in [0, 0.05) is 16.6 Å². The van der Waals surface area contributed by atoms with Gasteiger partial charge in [-0.25, -0.2) is 0 Å². The Hall–Kier alpha value is -1.24. The highest BCUT2D eigenvalue weighted by Crippen LogP contribution is 2.32. The summed E-state index contributed by atoms with van der Waals surface area (Å²) in [6.07, 6.45) is 5.19. The maximum absolute atomic E-state index is 3.58. The number of rotatable bonds is 1. The van der Waals surface area contributed by atoms with Gasteiger partial charge in [-0.05, 0) is 36.8 Å². The molecule has 1 atom stereocenters. The Morgan fingerprint density at radius 2 is 2.20 bits per heavy atom. The number of H-pyrrole nitrogens is 1. The minimum Gasteiger partial charge on any atom is -0.358 e. The molecule has 0 amide bonds. The number of hydrogen-bond acceptors (Lipinski definition) is 0. The van der Waals surface area contributed by atoms with Gasteiger partial charge in [-0.15, -0.1) is 0 Å². The molecule has 1 aromatic carbocycles. The first-order valence-corrected chi connectivity index (χ1v) is 5.97. The van der Waals surface area contributed by atoms with E-state index in [1.54, 1.807) is 5.56 Å². The lowest BCUT2D eigenvalue weighted by atomic mass is 9.85. The molecule has 0 saturated heterocycles. The van der Waals surface area contributed by atoms with E-state index in [-0.39, 0.29) is 0 Å². The summed E-state index contributed by atoms with van der Waals surface area (Å²) in [4.78, 5) is 3.58. The third kappa shape index (κ3) is 1.38. The van der Waals surface area contributed by atoms with Crippen molar-refractivity contribution in [2.75, 3.05) is 0 Å². The Bertz CT molecular complexity index is 481. The fourth-order valence-electron chi connectivity index (χ4n) is 2.80. The number of aromatic nitrogens is 1. The number of aromatic amines is 1. The first-order chi connectivity index (χ1) is 7.38. The SMILES string of the molecule is CCC1CCc2c([nH]c3ccccc23)C1. The molecule has 0 fully saturated rings. The van der Waals surface area contributed by atoms with Gasteiger partial charge in [0.1, 0.15) is 0 Å². The molecule has 78 valence electrons. The molecular weight excluding hydrogens is 182 g/mol. The normalized spacial score (nSPS) is 20.5. The van der Waals surface area contributed by atoms with Crippen molar-refractivity contribution in [1.82, 2.24) is 4.98 Å². The minimum atomic E-state index is 0.894. The Morgan fingerprint density at radius 3 is 3.07 bits per heavy atom. The van der Waals surface area contributed by atoms with Crippen molar-refractivity contribution in [3.05, 3.63) is 35.5 Å². The van der Waals surface area contributed by atoms with Gasteiger partial charge < -0.3 is 4.98 Å². The first kappa shape index (κ1) is 9.02. The van der Waals surface area contributed by atoms with Gasteiger partial charge >= 0.3 is 0 Å². The summed E-state index contributed by atoms with van der Waals surface area (Å²) < 4.78 is 0. The molecule has 3 rings (SSSR count). The van der Waals surface area contributed by atoms with E-state index in [0.717, 1.165) is 5.92 Å². The number of benzene rings is 1. The van der Waals surface area contributed by atoms with Crippen molar-refractivity contribution >= 4 is 10.9 Å². The largest absolute Gasteiger partial charge is 0.358 e. The van der Waals surface area contributed by atoms with Gasteiger partial charge in [-0.2, -0.15) is 0 Å². The first-order valence-electron chi connectivity index (χ1n) is 5.97. The fraction of sp³-hybridized carbons (Fsp3) is 0.429. The zero-order chi connectivity index (χ0) is 10.3. The van der Waals surface area contributed by atoms with Gasteiger partial charge in [0.15, 0.2) is 0 Å². The Labute approximate surface area is 90.5 Å². The predicted molar refractivity (Wildman–Crippen MR) is 64.1 cm³/mol. The molecule has 1 aliphatic rings. The van der Waals surface area contributed by atoms with E-state index in [1.165, 1.54) is 42.3 Å². The van der Waals surface area contributed by atoms with Crippen LogP contribution in [-0.4, -0.2) is 4.98 Å². The van der Waals surface area contributed by atoms with Crippen LogP contribution in [0.1, 0.15) is 31.0 Å². The van der Waals surface area contributed by atoms with Crippen LogP contribution in [0.15, 0.2) is 24.3 Å². The molecule has 1 aromatic heterocycles. The van der Waals surface area contributed by atoms with Crippen LogP contribution >= 0.6 is 0 Å². The zero-order valence-corrected chi connectivity index (χ0v) is 9.22. The van der Waals surface area contributed by atoms with Crippen LogP contribution in [0.25, 0.3) is 10.9 Å². The molecule has 0 spiro atoms. The molecule has 1 heterocycles. The van der Waals surface area contributed by atoms with E-state index in [9.17, 15) is 0 Å². The van der Waals surface area contributed by atoms with E-state index >= 15 is 0 Å². The number of aryl methyl sites for hydroxylation is 1. The summed E-state index contributed by atoms with van der Waals surface area (Å²) in [5.74, 6) is 0.894. The summed E-state index contributed by atoms with van der Waals surface area (Å²) in [5.41, 5.74) is 4.39. The molecular formula is C14H17N. The molecule has 0 radical (unpaired) electrons. The lowest BCUT2D eigenvalue weighted by Crippen LogP contribution is -2.12. The van der Waals surface area contributed by atoms with Crippen LogP contribution in [0, 0.1) is 5.92 Å². The fourth-order valence-corrected chi connectivity index (χ4v) is 2.80. The number of hydrogen-bond donors (Lipinski definition) is 1. The summed E-state index contributed by atoms with van der Waals surface area (Å²) in [5, 5.41) is 1.45. The number of fused-ring (bicyclic) bond motifs is 3. The average Bonchev–Trinajstić information content (AvgIpc) is 2.66. The Balaban J connectivity index is 2.12. The highest BCUT2D eigenvalue weighted by Gasteiger charge is 2.20. The van der Waals surface area contributed by atoms with E-state index in [4.69, 9.17) is 0 Å². The maximum atomic E-state index is 3.58. The van der Waals surface area contributed by atoms with Crippen molar-refractivity contribution in [2.24, 2.45) is 5.92 Å². The van der Waals surface area contributed by atoms with Crippen LogP contribution in [0.2, 0.25) is 0 Å². The van der Waals surface area contributed by atoms with Gasteiger partial charge in [-0.1, -0.05) is 31.5 Å². The zero-order valence-electron chi connectivity index (χ0n) is 9.22. The van der Waals surface area contributed by atoms with E-state index in [1.807, 2.05) is 0 Å². The van der Waals surface area contributed by atoms with Gasteiger partial charge in [0.2, 0.25) is 0 Å². The molecule has 1 nitrogen and oxygen atoms in total. The third-order valence-electron chi connectivity index (χ3n) is 3.77. The number of para-hydroxylation sites is 1. The van der Waals surface area contributed by atoms with Gasteiger partial charge in [0.05, 0.1) is 0 Å². The second kappa shape index (κ2) is 3.41. The average molecular weight is 199 g/mol. The maximum Gasteiger partial charge on any atom is 0.0458 e. The molecule has 1 heteroatoms. The molecule has 1 N–H and O–H groups in total. The molecule has 0 aliphatic heterocycles. The van der Waals surface area contributed by atoms with Gasteiger partial charge in [-0.3, -0.25) is 0 Å². The summed E-state index contributed by atoms with van der Waals surface area (Å²) in [6.45, 7) is 2.30. The number of nitrogens with one attached hydrogen (secondary N) is 1. The summed E-state index contributed by atoms with van der Waals surface area (Å²) in [7, 11) is 0. The van der Waals surface area contributed by atoms with Crippen LogP contribution in [0.5, 0.6) is 0 Å². The highest BCUT2D eigenvalue weighted by atomic mass is 14.7. The molecule has 15 heavy (non-hydrogen) atoms. The molecule has 1 aliphatic carbocycles. The van der Waals surface area contributed by atoms with Crippen LogP contribution < -0.4 is 0 Å². The van der Waals surface area contributed by atoms with E-state index in [0.29, 0.717) is 0 Å². The monoisotopic (exact) mass is 199 g/mol. The third-order valence-corrected chi connectivity index (χ3v) is 3.77. The van der Waals surface area contributed by atoms with E-state index in [2.05, 4.69) is 36.2 Å². The standard InChI is InChI=1S/C14H17N/c1-2-10-7-8-12-11-5-3-4-6-13(11)15-14(12)9-10/h3-6,10,15H,2,7-9H2,1H3. The van der Waals surface area contributed by atoms with Crippen LogP contribution in [0.3, 0.4) is 0 Å². The molecule has 1 unspecified atom stereocenters. The van der Waals surface area contributed by atoms with E-state index < -0.39 is 0 Å². The highest BCUT2D eigenvalue weighted by molar-refractivity contribution is 5.84. The molecule has 2 aromatic rings. The van der Waals surface area contributed by atoms with Gasteiger partial charge in [0.25, 0.3) is 0 Å². The molecule has 0 saturated carbocycles. The van der Waals surface area contributed by atoms with Crippen molar-refractivity contribution in [3.8, 4) is 0 Å². The van der Waals surface area contributed by atoms with Crippen molar-refractivity contribution in [2.45, 2.75) is 32.6 Å². The predicted octanol–water partition coefficient (Wildman–Crippen LogP) is 3.68. The van der Waals surface area contributed by atoms with Crippen molar-refractivity contribution in [1.29, 1.82) is 0 Å². The quantitative estimate of drug-likeness (QED) is 0.721. The lowest BCUT2D eigenvalue weighted by Gasteiger charge is -2.20. The Morgan fingerprint density at radius 1 is 1.33 bits per heavy atom. The summed E-state index contributed by atoms with van der Waals surface area (Å²) in [6, 6.07) is 8.69. The second-order valence-corrected chi connectivity index (χ2v) is 4.64. The minimum absolute atomic E-state index is 0.894. The van der Waals surface area contributed by atoms with Crippen molar-refractivity contribution < 1.29 is 0 Å². The van der Waals surface area contributed by atoms with Crippen LogP contribution in [0.4, 0.5) is 0 Å². The van der Waals surface area contributed by atoms with Crippen LogP contribution in [-0.2, 0) is 12.8 Å². The summed E-state index contributed by atoms with van der Waals surface area (Å²) >= 11 is 0.